The number of carbonyl (C=O) groups excluding carboxylic acids is 1. The van der Waals surface area contributed by atoms with Crippen LogP contribution in [0, 0.1) is 0 Å². The van der Waals surface area contributed by atoms with Gasteiger partial charge in [-0.15, -0.1) is 0 Å². The first-order valence-corrected chi connectivity index (χ1v) is 5.03. The summed E-state index contributed by atoms with van der Waals surface area (Å²) in [5, 5.41) is 11.3. The van der Waals surface area contributed by atoms with Crippen LogP contribution in [0.4, 0.5) is 0 Å². The molecule has 3 nitrogen and oxygen atoms in total. The van der Waals surface area contributed by atoms with E-state index in [1.165, 1.54) is 4.90 Å². The predicted molar refractivity (Wildman–Crippen MR) is 63.6 cm³/mol. The number of aromatic hydroxyl groups is 1. The molecule has 0 bridgehead atoms. The summed E-state index contributed by atoms with van der Waals surface area (Å²) in [4.78, 5) is 13.4. The molecule has 0 saturated carbocycles. The summed E-state index contributed by atoms with van der Waals surface area (Å²) >= 11 is 0. The summed E-state index contributed by atoms with van der Waals surface area (Å²) < 4.78 is 0. The van der Waals surface area contributed by atoms with Gasteiger partial charge >= 0.3 is 0 Å². The van der Waals surface area contributed by atoms with Crippen LogP contribution >= 0.6 is 0 Å². The third kappa shape index (κ3) is 1.60. The average Bonchev–Trinajstić information content (AvgIpc) is 2.27. The van der Waals surface area contributed by atoms with Gasteiger partial charge in [-0.2, -0.15) is 0 Å². The molecule has 0 radical (unpaired) electrons. The second-order valence-electron chi connectivity index (χ2n) is 3.88. The third-order valence-corrected chi connectivity index (χ3v) is 2.52. The quantitative estimate of drug-likeness (QED) is 0.792. The van der Waals surface area contributed by atoms with Gasteiger partial charge in [-0.1, -0.05) is 24.3 Å². The summed E-state index contributed by atoms with van der Waals surface area (Å²) in [6.45, 7) is 0. The lowest BCUT2D eigenvalue weighted by Gasteiger charge is -2.13. The van der Waals surface area contributed by atoms with Gasteiger partial charge < -0.3 is 10.0 Å². The number of hydrogen-bond acceptors (Lipinski definition) is 2. The van der Waals surface area contributed by atoms with Crippen LogP contribution in [0.1, 0.15) is 10.4 Å². The van der Waals surface area contributed by atoms with Crippen LogP contribution in [0.3, 0.4) is 0 Å². The fraction of sp³-hybridized carbons (Fsp3) is 0.154. The standard InChI is InChI=1S/C13H13NO2/c1-14(2)13(16)10-7-3-5-9-6-4-8-11(15)12(9)10/h3-8,15H,1-2H3. The van der Waals surface area contributed by atoms with E-state index < -0.39 is 0 Å². The number of benzene rings is 2. The number of carbonyl (C=O) groups is 1. The van der Waals surface area contributed by atoms with Crippen molar-refractivity contribution < 1.29 is 9.90 Å². The van der Waals surface area contributed by atoms with E-state index in [1.54, 1.807) is 32.3 Å². The predicted octanol–water partition coefficient (Wildman–Crippen LogP) is 2.25. The van der Waals surface area contributed by atoms with E-state index in [1.807, 2.05) is 18.2 Å². The highest BCUT2D eigenvalue weighted by atomic mass is 16.3. The number of amides is 1. The lowest BCUT2D eigenvalue weighted by molar-refractivity contribution is 0.0829. The summed E-state index contributed by atoms with van der Waals surface area (Å²) in [6, 6.07) is 10.7. The molecule has 0 spiro atoms. The maximum atomic E-state index is 11.9. The van der Waals surface area contributed by atoms with Gasteiger partial charge in [0.2, 0.25) is 0 Å². The summed E-state index contributed by atoms with van der Waals surface area (Å²) in [7, 11) is 3.39. The number of phenols is 1. The van der Waals surface area contributed by atoms with Crippen molar-refractivity contribution >= 4 is 16.7 Å². The maximum absolute atomic E-state index is 11.9. The molecule has 1 amide bonds. The van der Waals surface area contributed by atoms with Crippen LogP contribution in [0.15, 0.2) is 36.4 Å². The highest BCUT2D eigenvalue weighted by molar-refractivity contribution is 6.09. The number of rotatable bonds is 1. The van der Waals surface area contributed by atoms with Crippen LogP contribution in [0.25, 0.3) is 10.8 Å². The van der Waals surface area contributed by atoms with Crippen molar-refractivity contribution in [3.8, 4) is 5.75 Å². The number of fused-ring (bicyclic) bond motifs is 1. The highest BCUT2D eigenvalue weighted by Gasteiger charge is 2.13. The zero-order valence-corrected chi connectivity index (χ0v) is 9.27. The Bertz CT molecular complexity index is 541. The second-order valence-corrected chi connectivity index (χ2v) is 3.88. The zero-order valence-electron chi connectivity index (χ0n) is 9.27. The first-order valence-electron chi connectivity index (χ1n) is 5.03. The van der Waals surface area contributed by atoms with Crippen molar-refractivity contribution in [2.45, 2.75) is 0 Å². The number of nitrogens with zero attached hydrogens (tertiary/aromatic N) is 1. The van der Waals surface area contributed by atoms with E-state index >= 15 is 0 Å². The summed E-state index contributed by atoms with van der Waals surface area (Å²) in [5.74, 6) is 0.0374. The topological polar surface area (TPSA) is 40.5 Å². The van der Waals surface area contributed by atoms with Crippen molar-refractivity contribution in [2.75, 3.05) is 14.1 Å². The molecule has 82 valence electrons. The first kappa shape index (κ1) is 10.5. The molecule has 2 rings (SSSR count). The molecule has 0 saturated heterocycles. The molecule has 0 unspecified atom stereocenters. The Hall–Kier alpha value is -2.03. The van der Waals surface area contributed by atoms with Gasteiger partial charge in [-0.3, -0.25) is 4.79 Å². The fourth-order valence-electron chi connectivity index (χ4n) is 1.74. The Labute approximate surface area is 93.9 Å². The SMILES string of the molecule is CN(C)C(=O)c1cccc2cccc(O)c12. The molecule has 0 aromatic heterocycles. The minimum absolute atomic E-state index is 0.105. The van der Waals surface area contributed by atoms with Crippen molar-refractivity contribution in [2.24, 2.45) is 0 Å². The molecule has 0 atom stereocenters. The van der Waals surface area contributed by atoms with E-state index in [2.05, 4.69) is 0 Å². The normalized spacial score (nSPS) is 10.4. The molecule has 0 aliphatic rings. The van der Waals surface area contributed by atoms with Gasteiger partial charge in [0.1, 0.15) is 5.75 Å². The van der Waals surface area contributed by atoms with Crippen LogP contribution in [0.5, 0.6) is 5.75 Å². The van der Waals surface area contributed by atoms with Gasteiger partial charge in [0.05, 0.1) is 5.56 Å². The van der Waals surface area contributed by atoms with Gasteiger partial charge in [-0.25, -0.2) is 0 Å². The van der Waals surface area contributed by atoms with Gasteiger partial charge in [-0.05, 0) is 17.5 Å². The molecule has 3 heteroatoms. The zero-order chi connectivity index (χ0) is 11.7. The number of hydrogen-bond donors (Lipinski definition) is 1. The van der Waals surface area contributed by atoms with Gasteiger partial charge in [0, 0.05) is 19.5 Å². The van der Waals surface area contributed by atoms with E-state index in [0.717, 1.165) is 5.39 Å². The molecular formula is C13H13NO2. The van der Waals surface area contributed by atoms with Crippen molar-refractivity contribution in [1.82, 2.24) is 4.90 Å². The van der Waals surface area contributed by atoms with Gasteiger partial charge in [0.15, 0.2) is 0 Å². The lowest BCUT2D eigenvalue weighted by Crippen LogP contribution is -2.21. The molecular weight excluding hydrogens is 202 g/mol. The average molecular weight is 215 g/mol. The Morgan fingerprint density at radius 3 is 2.38 bits per heavy atom. The largest absolute Gasteiger partial charge is 0.507 e. The van der Waals surface area contributed by atoms with Crippen LogP contribution < -0.4 is 0 Å². The second kappa shape index (κ2) is 3.85. The van der Waals surface area contributed by atoms with E-state index in [-0.39, 0.29) is 11.7 Å². The van der Waals surface area contributed by atoms with Crippen LogP contribution in [-0.4, -0.2) is 30.0 Å². The summed E-state index contributed by atoms with van der Waals surface area (Å²) in [5.41, 5.74) is 0.528. The molecule has 0 aliphatic carbocycles. The lowest BCUT2D eigenvalue weighted by atomic mass is 10.0. The monoisotopic (exact) mass is 215 g/mol. The third-order valence-electron chi connectivity index (χ3n) is 2.52. The Morgan fingerprint density at radius 1 is 1.12 bits per heavy atom. The fourth-order valence-corrected chi connectivity index (χ4v) is 1.74. The maximum Gasteiger partial charge on any atom is 0.254 e. The molecule has 16 heavy (non-hydrogen) atoms. The Morgan fingerprint density at radius 2 is 1.75 bits per heavy atom. The summed E-state index contributed by atoms with van der Waals surface area (Å²) in [6.07, 6.45) is 0. The molecule has 2 aromatic rings. The van der Waals surface area contributed by atoms with Gasteiger partial charge in [0.25, 0.3) is 5.91 Å². The molecule has 2 aromatic carbocycles. The first-order chi connectivity index (χ1) is 7.61. The molecule has 1 N–H and O–H groups in total. The minimum atomic E-state index is -0.105. The van der Waals surface area contributed by atoms with Crippen molar-refractivity contribution in [1.29, 1.82) is 0 Å². The van der Waals surface area contributed by atoms with Crippen molar-refractivity contribution in [3.05, 3.63) is 42.0 Å². The smallest absolute Gasteiger partial charge is 0.254 e. The van der Waals surface area contributed by atoms with E-state index in [9.17, 15) is 9.90 Å². The van der Waals surface area contributed by atoms with E-state index in [0.29, 0.717) is 10.9 Å². The Balaban J connectivity index is 2.75. The molecule has 0 aliphatic heterocycles. The molecule has 0 heterocycles. The van der Waals surface area contributed by atoms with Crippen LogP contribution in [-0.2, 0) is 0 Å². The highest BCUT2D eigenvalue weighted by Crippen LogP contribution is 2.28. The minimum Gasteiger partial charge on any atom is -0.507 e. The van der Waals surface area contributed by atoms with Crippen molar-refractivity contribution in [3.63, 3.8) is 0 Å². The molecule has 0 fully saturated rings. The van der Waals surface area contributed by atoms with E-state index in [4.69, 9.17) is 0 Å². The Kier molecular flexibility index (Phi) is 2.52. The van der Waals surface area contributed by atoms with Crippen LogP contribution in [0.2, 0.25) is 0 Å². The number of phenolic OH excluding ortho intramolecular Hbond substituents is 1.